The van der Waals surface area contributed by atoms with Gasteiger partial charge in [-0.15, -0.1) is 0 Å². The predicted octanol–water partition coefficient (Wildman–Crippen LogP) is -0.946. The molecule has 0 spiro atoms. The van der Waals surface area contributed by atoms with Gasteiger partial charge in [0, 0.05) is 236 Å². The number of amides is 4. The van der Waals surface area contributed by atoms with Gasteiger partial charge < -0.3 is 150 Å². The lowest BCUT2D eigenvalue weighted by Crippen LogP contribution is -2.61. The van der Waals surface area contributed by atoms with E-state index in [1.165, 1.54) is 52.5 Å². The van der Waals surface area contributed by atoms with Crippen molar-refractivity contribution in [1.82, 2.24) is 24.9 Å². The second-order valence-electron chi connectivity index (χ2n) is 21.1. The Labute approximate surface area is 572 Å². The quantitative estimate of drug-likeness (QED) is 0.0262. The molecule has 41 heteroatoms. The molecule has 2 atom stereocenters. The van der Waals surface area contributed by atoms with Gasteiger partial charge in [-0.1, -0.05) is 0 Å². The lowest BCUT2D eigenvalue weighted by molar-refractivity contribution is -0.0929. The largest absolute Gasteiger partial charge is 0.500 e. The molecule has 0 aromatic heterocycles. The summed E-state index contributed by atoms with van der Waals surface area (Å²) in [4.78, 5) is 31.6. The van der Waals surface area contributed by atoms with Crippen molar-refractivity contribution in [2.24, 2.45) is 0 Å². The Morgan fingerprint density at radius 3 is 0.832 bits per heavy atom. The molecule has 0 aliphatic heterocycles. The van der Waals surface area contributed by atoms with Crippen molar-refractivity contribution in [1.29, 1.82) is 0 Å². The molecule has 95 heavy (non-hydrogen) atoms. The topological polar surface area (TPSA) is 406 Å². The molecule has 0 bridgehead atoms. The number of hydrogen-bond donors (Lipinski definition) is 9. The number of carbonyl (C=O) groups excluding carboxylic acids is 2. The molecule has 0 aliphatic rings. The molecule has 9 N–H and O–H groups in total. The maximum atomic E-state index is 13.0. The van der Waals surface area contributed by atoms with Gasteiger partial charge in [-0.2, -0.15) is 0 Å². The SMILES string of the molecule is CO[Si](CCCN(CCC[Si](OC)(OC)OC)C(=O)N(CCO)CCO)(OC)OC.CO[Si](CCCN(CCC[Si](OC)(OC)OC)C(=O)NCCO)(OC)OC.CO[Si](CCCOCC(O)CN(CC(O)COCCC[Si](OC)(OC)OC)C(CO)(CO)CO)(OC)OC. The summed E-state index contributed by atoms with van der Waals surface area (Å²) in [6.45, 7) is 0.588. The van der Waals surface area contributed by atoms with Crippen LogP contribution in [0.5, 0.6) is 0 Å². The van der Waals surface area contributed by atoms with Crippen molar-refractivity contribution in [3.05, 3.63) is 0 Å². The van der Waals surface area contributed by atoms with Crippen molar-refractivity contribution in [2.45, 2.75) is 92.5 Å². The van der Waals surface area contributed by atoms with Crippen LogP contribution in [0.4, 0.5) is 9.59 Å². The third-order valence-electron chi connectivity index (χ3n) is 15.8. The summed E-state index contributed by atoms with van der Waals surface area (Å²) in [6.07, 6.45) is 1.69. The molecule has 4 amide bonds. The highest BCUT2D eigenvalue weighted by Gasteiger charge is 2.43. The van der Waals surface area contributed by atoms with Crippen molar-refractivity contribution < 1.29 is 140 Å². The van der Waals surface area contributed by atoms with Crippen LogP contribution in [0.25, 0.3) is 0 Å². The smallest absolute Gasteiger partial charge is 0.395 e. The van der Waals surface area contributed by atoms with Crippen LogP contribution in [0.3, 0.4) is 0 Å². The minimum atomic E-state index is -2.74. The summed E-state index contributed by atoms with van der Waals surface area (Å²) in [7, 11) is 11.7. The van der Waals surface area contributed by atoms with Crippen molar-refractivity contribution in [3.8, 4) is 0 Å². The van der Waals surface area contributed by atoms with Crippen LogP contribution in [0.2, 0.25) is 36.3 Å². The van der Waals surface area contributed by atoms with E-state index in [1.807, 2.05) is 0 Å². The number of urea groups is 2. The molecule has 2 unspecified atom stereocenters. The first-order chi connectivity index (χ1) is 45.4. The highest BCUT2D eigenvalue weighted by molar-refractivity contribution is 6.62. The van der Waals surface area contributed by atoms with Crippen molar-refractivity contribution in [3.63, 3.8) is 0 Å². The first-order valence-corrected chi connectivity index (χ1v) is 42.9. The summed E-state index contributed by atoms with van der Waals surface area (Å²) in [5.74, 6) is 0. The van der Waals surface area contributed by atoms with Gasteiger partial charge in [0.1, 0.15) is 0 Å². The van der Waals surface area contributed by atoms with E-state index in [-0.39, 0.29) is 77.8 Å². The minimum absolute atomic E-state index is 0.0346. The number of hydrogen-bond acceptors (Lipinski definition) is 31. The van der Waals surface area contributed by atoms with E-state index in [4.69, 9.17) is 94.2 Å². The van der Waals surface area contributed by atoms with E-state index in [1.54, 1.807) is 95.1 Å². The normalized spacial score (nSPS) is 13.3. The average molecular weight is 1500 g/mol. The molecular weight excluding hydrogens is 1370 g/mol. The number of aliphatic hydroxyl groups excluding tert-OH is 8. The fourth-order valence-electron chi connectivity index (χ4n) is 9.67. The highest BCUT2D eigenvalue weighted by atomic mass is 28.4. The van der Waals surface area contributed by atoms with E-state index in [9.17, 15) is 45.3 Å². The zero-order valence-corrected chi connectivity index (χ0v) is 66.4. The Balaban J connectivity index is -0.00000136. The highest BCUT2D eigenvalue weighted by Crippen LogP contribution is 2.23. The second-order valence-corrected chi connectivity index (χ2v) is 39.6. The van der Waals surface area contributed by atoms with Crippen LogP contribution in [-0.4, -0.2) is 396 Å². The van der Waals surface area contributed by atoms with Gasteiger partial charge >= 0.3 is 64.9 Å². The van der Waals surface area contributed by atoms with Crippen LogP contribution < -0.4 is 5.32 Å². The third-order valence-corrected chi connectivity index (χ3v) is 32.8. The molecule has 0 saturated carbocycles. The van der Waals surface area contributed by atoms with E-state index >= 15 is 0 Å². The fraction of sp³-hybridized carbons (Fsp3) is 0.963. The number of rotatable bonds is 60. The number of aliphatic hydroxyl groups is 8. The van der Waals surface area contributed by atoms with E-state index < -0.39 is 90.4 Å². The van der Waals surface area contributed by atoms with Gasteiger partial charge in [0.15, 0.2) is 0 Å². The second kappa shape index (κ2) is 57.2. The summed E-state index contributed by atoms with van der Waals surface area (Å²) in [5, 5.41) is 81.0. The molecular formula is C54H127N5O30Si6. The standard InChI is InChI=1S/C22H51NO13Si2.C17H40N2O9Si2.C15H36N2O8Si2/c1-29-37(30-2,31-3)11-7-9-35-15-20(27)13-23(22(17-24,18-25)19-26)14-21(28)16-36-10-8-12-38(32-4,33-5)34-6;1-23-29(24-2,25-3)15-7-9-18(17(22)19(11-13-20)12-14-21)10-8-16-30(26-4,27-5)28-6;1-20-26(21-2,22-3)13-7-10-17(15(19)16-9-12-18)11-8-14-27(23-4,24-5)25-6/h20-21,24-28H,7-19H2,1-6H3;20-21H,7-16H2,1-6H3;18H,7-14H2,1-6H3,(H,16,19). The van der Waals surface area contributed by atoms with E-state index in [0.29, 0.717) is 114 Å². The molecule has 0 heterocycles. The third kappa shape index (κ3) is 36.9. The van der Waals surface area contributed by atoms with Crippen LogP contribution in [-0.2, 0) is 89.1 Å². The molecule has 0 aromatic rings. The van der Waals surface area contributed by atoms with Gasteiger partial charge in [-0.05, 0) is 38.5 Å². The molecule has 0 rings (SSSR count). The summed E-state index contributed by atoms with van der Waals surface area (Å²) in [5.41, 5.74) is -1.46. The molecule has 0 fully saturated rings. The van der Waals surface area contributed by atoms with Crippen LogP contribution in [0, 0.1) is 0 Å². The molecule has 0 radical (unpaired) electrons. The monoisotopic (exact) mass is 1490 g/mol. The number of nitrogens with one attached hydrogen (secondary N) is 1. The van der Waals surface area contributed by atoms with E-state index in [0.717, 1.165) is 0 Å². The number of nitrogens with zero attached hydrogens (tertiary/aromatic N) is 4. The number of ether oxygens (including phenoxy) is 2. The Morgan fingerprint density at radius 1 is 0.358 bits per heavy atom. The first kappa shape index (κ1) is 97.9. The summed E-state index contributed by atoms with van der Waals surface area (Å²) >= 11 is 0. The fourth-order valence-corrected chi connectivity index (χ4v) is 19.9. The lowest BCUT2D eigenvalue weighted by atomic mass is 9.99. The van der Waals surface area contributed by atoms with Gasteiger partial charge in [0.05, 0.1) is 70.6 Å². The zero-order valence-electron chi connectivity index (χ0n) is 60.4. The lowest BCUT2D eigenvalue weighted by Gasteiger charge is -2.42. The van der Waals surface area contributed by atoms with Gasteiger partial charge in [-0.3, -0.25) is 4.90 Å². The Bertz CT molecular complexity index is 1660. The van der Waals surface area contributed by atoms with E-state index in [2.05, 4.69) is 5.32 Å². The molecule has 572 valence electrons. The first-order valence-electron chi connectivity index (χ1n) is 31.3. The summed E-state index contributed by atoms with van der Waals surface area (Å²) in [6, 6.07) is 2.87. The Kier molecular flexibility index (Phi) is 58.9. The van der Waals surface area contributed by atoms with Gasteiger partial charge in [0.25, 0.3) is 0 Å². The Morgan fingerprint density at radius 2 is 0.600 bits per heavy atom. The number of β-amino-alcohol motifs (C(OH)–C–C–N with tert-alkyl or cyclic N) is 2. The molecule has 0 aromatic carbocycles. The Hall–Kier alpha value is -1.32. The summed E-state index contributed by atoms with van der Waals surface area (Å²) < 4.78 is 108. The molecule has 0 aliphatic carbocycles. The minimum Gasteiger partial charge on any atom is -0.395 e. The molecule has 35 nitrogen and oxygen atoms in total. The van der Waals surface area contributed by atoms with Gasteiger partial charge in [-0.25, -0.2) is 9.59 Å². The van der Waals surface area contributed by atoms with Crippen molar-refractivity contribution >= 4 is 64.9 Å². The average Bonchev–Trinajstić information content (AvgIpc) is 0.936. The van der Waals surface area contributed by atoms with Gasteiger partial charge in [0.2, 0.25) is 0 Å². The number of carbonyl (C=O) groups is 2. The molecule has 0 saturated heterocycles. The van der Waals surface area contributed by atoms with Crippen LogP contribution in [0.1, 0.15) is 38.5 Å². The van der Waals surface area contributed by atoms with Crippen LogP contribution in [0.15, 0.2) is 0 Å². The van der Waals surface area contributed by atoms with Crippen molar-refractivity contribution in [2.75, 3.05) is 253 Å². The maximum Gasteiger partial charge on any atom is 0.500 e. The maximum absolute atomic E-state index is 13.0. The zero-order chi connectivity index (χ0) is 72.9. The van der Waals surface area contributed by atoms with Crippen LogP contribution >= 0.6 is 0 Å². The predicted molar refractivity (Wildman–Crippen MR) is 361 cm³/mol.